The van der Waals surface area contributed by atoms with Crippen molar-refractivity contribution in [3.63, 3.8) is 0 Å². The number of nitrogens with zero attached hydrogens (tertiary/aromatic N) is 2. The highest BCUT2D eigenvalue weighted by Gasteiger charge is 2.19. The molecule has 0 saturated carbocycles. The van der Waals surface area contributed by atoms with Crippen LogP contribution >= 0.6 is 11.5 Å². The van der Waals surface area contributed by atoms with Gasteiger partial charge in [-0.05, 0) is 43.1 Å². The van der Waals surface area contributed by atoms with Crippen LogP contribution in [0, 0.1) is 12.7 Å². The van der Waals surface area contributed by atoms with E-state index in [0.717, 1.165) is 28.2 Å². The SMILES string of the molecule is Cc1ccc(-c2nnsc2C(=O)N[C@H](C)c2ccc(F)cc2)cc1. The van der Waals surface area contributed by atoms with Crippen molar-refractivity contribution in [2.24, 2.45) is 0 Å². The summed E-state index contributed by atoms with van der Waals surface area (Å²) in [4.78, 5) is 13.0. The van der Waals surface area contributed by atoms with Gasteiger partial charge in [-0.2, -0.15) is 0 Å². The summed E-state index contributed by atoms with van der Waals surface area (Å²) in [6, 6.07) is 13.6. The lowest BCUT2D eigenvalue weighted by atomic mass is 10.1. The third kappa shape index (κ3) is 3.49. The molecule has 3 aromatic rings. The van der Waals surface area contributed by atoms with Crippen LogP contribution in [0.15, 0.2) is 48.5 Å². The van der Waals surface area contributed by atoms with Crippen molar-refractivity contribution in [3.8, 4) is 11.3 Å². The van der Waals surface area contributed by atoms with Gasteiger partial charge in [-0.15, -0.1) is 5.10 Å². The van der Waals surface area contributed by atoms with Crippen LogP contribution in [0.2, 0.25) is 0 Å². The van der Waals surface area contributed by atoms with Crippen molar-refractivity contribution in [3.05, 3.63) is 70.4 Å². The summed E-state index contributed by atoms with van der Waals surface area (Å²) in [5, 5.41) is 7.00. The number of rotatable bonds is 4. The number of halogens is 1. The molecule has 2 aromatic carbocycles. The Morgan fingerprint density at radius 2 is 1.79 bits per heavy atom. The average molecular weight is 341 g/mol. The van der Waals surface area contributed by atoms with Crippen molar-refractivity contribution in [1.29, 1.82) is 0 Å². The Labute approximate surface area is 143 Å². The van der Waals surface area contributed by atoms with Gasteiger partial charge in [0, 0.05) is 5.56 Å². The highest BCUT2D eigenvalue weighted by atomic mass is 32.1. The van der Waals surface area contributed by atoms with Crippen LogP contribution in [0.25, 0.3) is 11.3 Å². The van der Waals surface area contributed by atoms with Gasteiger partial charge in [0.2, 0.25) is 0 Å². The highest BCUT2D eigenvalue weighted by Crippen LogP contribution is 2.25. The van der Waals surface area contributed by atoms with Crippen molar-refractivity contribution < 1.29 is 9.18 Å². The monoisotopic (exact) mass is 341 g/mol. The minimum absolute atomic E-state index is 0.239. The Bertz CT molecular complexity index is 843. The van der Waals surface area contributed by atoms with Crippen molar-refractivity contribution in [2.75, 3.05) is 0 Å². The summed E-state index contributed by atoms with van der Waals surface area (Å²) in [7, 11) is 0. The third-order valence-electron chi connectivity index (χ3n) is 3.74. The molecular formula is C18H16FN3OS. The second-order valence-electron chi connectivity index (χ2n) is 5.56. The van der Waals surface area contributed by atoms with Gasteiger partial charge >= 0.3 is 0 Å². The first-order chi connectivity index (χ1) is 11.5. The molecule has 0 bridgehead atoms. The summed E-state index contributed by atoms with van der Waals surface area (Å²) in [6.45, 7) is 3.85. The number of amides is 1. The number of nitrogens with one attached hydrogen (secondary N) is 1. The van der Waals surface area contributed by atoms with E-state index in [1.165, 1.54) is 12.1 Å². The predicted octanol–water partition coefficient (Wildman–Crippen LogP) is 4.14. The zero-order chi connectivity index (χ0) is 17.1. The van der Waals surface area contributed by atoms with E-state index in [-0.39, 0.29) is 17.8 Å². The van der Waals surface area contributed by atoms with E-state index in [1.807, 2.05) is 38.1 Å². The lowest BCUT2D eigenvalue weighted by Gasteiger charge is -2.14. The van der Waals surface area contributed by atoms with Crippen molar-refractivity contribution in [1.82, 2.24) is 14.9 Å². The molecule has 122 valence electrons. The lowest BCUT2D eigenvalue weighted by Crippen LogP contribution is -2.26. The Morgan fingerprint density at radius 1 is 1.12 bits per heavy atom. The normalized spacial score (nSPS) is 12.0. The number of aromatic nitrogens is 2. The Balaban J connectivity index is 1.80. The number of aryl methyl sites for hydroxylation is 1. The molecule has 0 aliphatic heterocycles. The number of carbonyl (C=O) groups is 1. The average Bonchev–Trinajstić information content (AvgIpc) is 3.06. The number of carbonyl (C=O) groups excluding carboxylic acids is 1. The van der Waals surface area contributed by atoms with E-state index in [9.17, 15) is 9.18 Å². The molecule has 1 amide bonds. The minimum Gasteiger partial charge on any atom is -0.345 e. The number of hydrogen-bond donors (Lipinski definition) is 1. The van der Waals surface area contributed by atoms with Gasteiger partial charge in [-0.25, -0.2) is 4.39 Å². The molecule has 0 unspecified atom stereocenters. The highest BCUT2D eigenvalue weighted by molar-refractivity contribution is 7.08. The maximum absolute atomic E-state index is 13.0. The summed E-state index contributed by atoms with van der Waals surface area (Å²) in [6.07, 6.45) is 0. The van der Waals surface area contributed by atoms with Gasteiger partial charge in [-0.1, -0.05) is 46.4 Å². The fraction of sp³-hybridized carbons (Fsp3) is 0.167. The summed E-state index contributed by atoms with van der Waals surface area (Å²) >= 11 is 1.06. The molecule has 1 N–H and O–H groups in total. The molecule has 0 fully saturated rings. The summed E-state index contributed by atoms with van der Waals surface area (Å²) in [5.74, 6) is -0.539. The topological polar surface area (TPSA) is 54.9 Å². The van der Waals surface area contributed by atoms with Crippen molar-refractivity contribution >= 4 is 17.4 Å². The molecule has 3 rings (SSSR count). The second kappa shape index (κ2) is 6.88. The fourth-order valence-electron chi connectivity index (χ4n) is 2.34. The van der Waals surface area contributed by atoms with Gasteiger partial charge in [0.05, 0.1) is 6.04 Å². The van der Waals surface area contributed by atoms with Crippen LogP contribution in [-0.4, -0.2) is 15.5 Å². The molecule has 6 heteroatoms. The van der Waals surface area contributed by atoms with Gasteiger partial charge < -0.3 is 5.32 Å². The van der Waals surface area contributed by atoms with E-state index < -0.39 is 0 Å². The summed E-state index contributed by atoms with van der Waals surface area (Å²) in [5.41, 5.74) is 3.40. The molecule has 1 aromatic heterocycles. The molecule has 0 aliphatic carbocycles. The molecule has 24 heavy (non-hydrogen) atoms. The fourth-order valence-corrected chi connectivity index (χ4v) is 2.93. The van der Waals surface area contributed by atoms with Gasteiger partial charge in [0.25, 0.3) is 5.91 Å². The van der Waals surface area contributed by atoms with E-state index >= 15 is 0 Å². The number of hydrogen-bond acceptors (Lipinski definition) is 4. The van der Waals surface area contributed by atoms with Crippen LogP contribution in [0.4, 0.5) is 4.39 Å². The van der Waals surface area contributed by atoms with Gasteiger partial charge in [0.15, 0.2) is 0 Å². The van der Waals surface area contributed by atoms with Gasteiger partial charge in [-0.3, -0.25) is 4.79 Å². The predicted molar refractivity (Wildman–Crippen MR) is 92.4 cm³/mol. The maximum Gasteiger partial charge on any atom is 0.265 e. The quantitative estimate of drug-likeness (QED) is 0.776. The smallest absolute Gasteiger partial charge is 0.265 e. The molecule has 1 atom stereocenters. The van der Waals surface area contributed by atoms with Gasteiger partial charge in [0.1, 0.15) is 16.4 Å². The number of benzene rings is 2. The lowest BCUT2D eigenvalue weighted by molar-refractivity contribution is 0.0944. The largest absolute Gasteiger partial charge is 0.345 e. The van der Waals surface area contributed by atoms with E-state index in [1.54, 1.807) is 12.1 Å². The van der Waals surface area contributed by atoms with Crippen molar-refractivity contribution in [2.45, 2.75) is 19.9 Å². The first-order valence-corrected chi connectivity index (χ1v) is 8.27. The molecule has 1 heterocycles. The van der Waals surface area contributed by atoms with Crippen LogP contribution in [0.5, 0.6) is 0 Å². The first-order valence-electron chi connectivity index (χ1n) is 7.50. The Kier molecular flexibility index (Phi) is 4.66. The first kappa shape index (κ1) is 16.3. The van der Waals surface area contributed by atoms with Crippen LogP contribution < -0.4 is 5.32 Å². The van der Waals surface area contributed by atoms with Crippen LogP contribution in [-0.2, 0) is 0 Å². The van der Waals surface area contributed by atoms with E-state index in [4.69, 9.17) is 0 Å². The summed E-state index contributed by atoms with van der Waals surface area (Å²) < 4.78 is 16.9. The minimum atomic E-state index is -0.300. The molecular weight excluding hydrogens is 325 g/mol. The standard InChI is InChI=1S/C18H16FN3OS/c1-11-3-5-14(6-4-11)16-17(24-22-21-16)18(23)20-12(2)13-7-9-15(19)10-8-13/h3-10,12H,1-2H3,(H,20,23)/t12-/m1/s1. The Morgan fingerprint density at radius 3 is 2.46 bits per heavy atom. The molecule has 0 saturated heterocycles. The second-order valence-corrected chi connectivity index (χ2v) is 6.32. The van der Waals surface area contributed by atoms with Crippen LogP contribution in [0.3, 0.4) is 0 Å². The zero-order valence-electron chi connectivity index (χ0n) is 13.3. The van der Waals surface area contributed by atoms with E-state index in [2.05, 4.69) is 14.9 Å². The maximum atomic E-state index is 13.0. The molecule has 4 nitrogen and oxygen atoms in total. The zero-order valence-corrected chi connectivity index (χ0v) is 14.1. The van der Waals surface area contributed by atoms with Crippen LogP contribution in [0.1, 0.15) is 33.8 Å². The molecule has 0 radical (unpaired) electrons. The Hall–Kier alpha value is -2.60. The molecule has 0 spiro atoms. The molecule has 0 aliphatic rings. The van der Waals surface area contributed by atoms with E-state index in [0.29, 0.717) is 10.6 Å². The third-order valence-corrected chi connectivity index (χ3v) is 4.46.